The fourth-order valence-electron chi connectivity index (χ4n) is 3.45. The number of Topliss-reactive ketones (excluding diaryl/α,β-unsaturated/α-hetero) is 1. The van der Waals surface area contributed by atoms with Crippen LogP contribution in [-0.4, -0.2) is 56.1 Å². The highest BCUT2D eigenvalue weighted by Gasteiger charge is 2.15. The van der Waals surface area contributed by atoms with E-state index in [-0.39, 0.29) is 29.6 Å². The highest BCUT2D eigenvalue weighted by molar-refractivity contribution is 7.99. The molecule has 32 heavy (non-hydrogen) atoms. The number of carbonyl (C=O) groups excluding carboxylic acids is 2. The smallest absolute Gasteiger partial charge is 0.240 e. The number of amides is 1. The van der Waals surface area contributed by atoms with Gasteiger partial charge in [0, 0.05) is 55.4 Å². The number of aryl methyl sites for hydroxylation is 1. The van der Waals surface area contributed by atoms with Crippen LogP contribution in [0, 0.1) is 6.92 Å². The third-order valence-corrected chi connectivity index (χ3v) is 7.71. The summed E-state index contributed by atoms with van der Waals surface area (Å²) in [6.07, 6.45) is 0.0113. The van der Waals surface area contributed by atoms with Gasteiger partial charge in [-0.2, -0.15) is 11.8 Å². The van der Waals surface area contributed by atoms with Crippen molar-refractivity contribution in [3.05, 3.63) is 59.2 Å². The van der Waals surface area contributed by atoms with E-state index >= 15 is 0 Å². The number of hydrogen-bond donors (Lipinski definition) is 2. The summed E-state index contributed by atoms with van der Waals surface area (Å²) in [7, 11) is -3.75. The zero-order valence-electron chi connectivity index (χ0n) is 18.4. The maximum atomic E-state index is 12.4. The van der Waals surface area contributed by atoms with Crippen LogP contribution in [0.25, 0.3) is 0 Å². The first-order valence-electron chi connectivity index (χ1n) is 10.5. The van der Waals surface area contributed by atoms with Crippen molar-refractivity contribution in [1.82, 2.24) is 9.62 Å². The lowest BCUT2D eigenvalue weighted by atomic mass is 10.1. The summed E-state index contributed by atoms with van der Waals surface area (Å²) >= 11 is 1.99. The fraction of sp³-hybridized carbons (Fsp3) is 0.391. The lowest BCUT2D eigenvalue weighted by Crippen LogP contribution is -2.32. The Kier molecular flexibility index (Phi) is 8.47. The summed E-state index contributed by atoms with van der Waals surface area (Å²) in [5.74, 6) is 1.94. The molecular weight excluding hydrogens is 446 g/mol. The molecule has 1 heterocycles. The molecule has 0 spiro atoms. The van der Waals surface area contributed by atoms with E-state index in [0.29, 0.717) is 5.56 Å². The van der Waals surface area contributed by atoms with E-state index in [1.165, 1.54) is 48.3 Å². The quantitative estimate of drug-likeness (QED) is 0.541. The molecule has 9 heteroatoms. The maximum absolute atomic E-state index is 12.4. The number of anilines is 1. The van der Waals surface area contributed by atoms with Gasteiger partial charge in [0.15, 0.2) is 5.78 Å². The molecule has 0 unspecified atom stereocenters. The second-order valence-corrected chi connectivity index (χ2v) is 10.8. The predicted octanol–water partition coefficient (Wildman–Crippen LogP) is 3.05. The number of nitrogens with zero attached hydrogens (tertiary/aromatic N) is 1. The molecule has 0 aromatic heterocycles. The lowest BCUT2D eigenvalue weighted by Gasteiger charge is -2.26. The van der Waals surface area contributed by atoms with Gasteiger partial charge in [-0.1, -0.05) is 24.3 Å². The van der Waals surface area contributed by atoms with Crippen LogP contribution in [-0.2, 0) is 21.4 Å². The Morgan fingerprint density at radius 2 is 1.75 bits per heavy atom. The van der Waals surface area contributed by atoms with E-state index in [0.717, 1.165) is 30.9 Å². The first kappa shape index (κ1) is 24.4. The number of ketones is 1. The van der Waals surface area contributed by atoms with Gasteiger partial charge in [-0.05, 0) is 43.2 Å². The molecule has 2 N–H and O–H groups in total. The van der Waals surface area contributed by atoms with Crippen LogP contribution in [0.1, 0.15) is 34.8 Å². The van der Waals surface area contributed by atoms with Crippen LogP contribution in [0.15, 0.2) is 47.4 Å². The van der Waals surface area contributed by atoms with E-state index in [4.69, 9.17) is 0 Å². The molecule has 1 aliphatic heterocycles. The monoisotopic (exact) mass is 475 g/mol. The van der Waals surface area contributed by atoms with Gasteiger partial charge in [0.2, 0.25) is 15.9 Å². The van der Waals surface area contributed by atoms with Gasteiger partial charge in [-0.15, -0.1) is 0 Å². The Hall–Kier alpha value is -2.20. The van der Waals surface area contributed by atoms with Crippen molar-refractivity contribution in [3.63, 3.8) is 0 Å². The molecular formula is C23H29N3O4S2. The van der Waals surface area contributed by atoms with Crippen molar-refractivity contribution in [3.8, 4) is 0 Å². The van der Waals surface area contributed by atoms with Crippen molar-refractivity contribution >= 4 is 39.2 Å². The highest BCUT2D eigenvalue weighted by Crippen LogP contribution is 2.19. The second kappa shape index (κ2) is 11.1. The number of hydrogen-bond acceptors (Lipinski definition) is 6. The fourth-order valence-corrected chi connectivity index (χ4v) is 5.46. The minimum Gasteiger partial charge on any atom is -0.326 e. The number of benzene rings is 2. The molecule has 2 aromatic carbocycles. The zero-order valence-corrected chi connectivity index (χ0v) is 20.0. The first-order valence-corrected chi connectivity index (χ1v) is 13.2. The van der Waals surface area contributed by atoms with E-state index in [1.807, 2.05) is 30.8 Å². The summed E-state index contributed by atoms with van der Waals surface area (Å²) in [5, 5.41) is 2.86. The van der Waals surface area contributed by atoms with Crippen LogP contribution in [0.4, 0.5) is 5.69 Å². The number of sulfonamides is 1. The Morgan fingerprint density at radius 3 is 2.38 bits per heavy atom. The number of rotatable bonds is 9. The van der Waals surface area contributed by atoms with Gasteiger partial charge in [0.05, 0.1) is 4.90 Å². The zero-order chi connectivity index (χ0) is 23.1. The molecule has 7 nitrogen and oxygen atoms in total. The minimum absolute atomic E-state index is 0.0113. The Bertz CT molecular complexity index is 1060. The van der Waals surface area contributed by atoms with E-state index in [2.05, 4.69) is 21.0 Å². The normalized spacial score (nSPS) is 14.8. The van der Waals surface area contributed by atoms with Crippen molar-refractivity contribution in [2.45, 2.75) is 31.7 Å². The average Bonchev–Trinajstić information content (AvgIpc) is 2.76. The molecule has 2 aromatic rings. The molecule has 1 amide bonds. The molecule has 0 atom stereocenters. The Labute approximate surface area is 194 Å². The maximum Gasteiger partial charge on any atom is 0.240 e. The third kappa shape index (κ3) is 6.90. The van der Waals surface area contributed by atoms with Gasteiger partial charge in [0.1, 0.15) is 0 Å². The van der Waals surface area contributed by atoms with Crippen LogP contribution in [0.3, 0.4) is 0 Å². The molecule has 1 aliphatic rings. The van der Waals surface area contributed by atoms with Crippen LogP contribution >= 0.6 is 11.8 Å². The SMILES string of the molecule is CC(=O)c1ccc(S(=O)(=O)NCCC(=O)Nc2ccc(CN3CCSCC3)cc2C)cc1. The van der Waals surface area contributed by atoms with Crippen molar-refractivity contribution < 1.29 is 18.0 Å². The molecule has 1 fully saturated rings. The third-order valence-electron chi connectivity index (χ3n) is 5.29. The lowest BCUT2D eigenvalue weighted by molar-refractivity contribution is -0.116. The molecule has 3 rings (SSSR count). The van der Waals surface area contributed by atoms with Gasteiger partial charge < -0.3 is 5.32 Å². The molecule has 0 saturated carbocycles. The van der Waals surface area contributed by atoms with Gasteiger partial charge >= 0.3 is 0 Å². The summed E-state index contributed by atoms with van der Waals surface area (Å²) in [4.78, 5) is 26.1. The molecule has 0 aliphatic carbocycles. The summed E-state index contributed by atoms with van der Waals surface area (Å²) < 4.78 is 27.2. The van der Waals surface area contributed by atoms with Crippen LogP contribution in [0.5, 0.6) is 0 Å². The van der Waals surface area contributed by atoms with Crippen molar-refractivity contribution in [2.24, 2.45) is 0 Å². The molecule has 172 valence electrons. The van der Waals surface area contributed by atoms with E-state index < -0.39 is 10.0 Å². The van der Waals surface area contributed by atoms with Crippen molar-refractivity contribution in [2.75, 3.05) is 36.5 Å². The van der Waals surface area contributed by atoms with Gasteiger partial charge in [-0.25, -0.2) is 13.1 Å². The summed E-state index contributed by atoms with van der Waals surface area (Å²) in [5.41, 5.74) is 3.37. The predicted molar refractivity (Wildman–Crippen MR) is 129 cm³/mol. The Balaban J connectivity index is 1.49. The molecule has 0 radical (unpaired) electrons. The summed E-state index contributed by atoms with van der Waals surface area (Å²) in [6.45, 7) is 6.46. The van der Waals surface area contributed by atoms with Crippen LogP contribution in [0.2, 0.25) is 0 Å². The highest BCUT2D eigenvalue weighted by atomic mass is 32.2. The molecule has 0 bridgehead atoms. The second-order valence-electron chi connectivity index (χ2n) is 7.81. The van der Waals surface area contributed by atoms with Crippen LogP contribution < -0.4 is 10.0 Å². The summed E-state index contributed by atoms with van der Waals surface area (Å²) in [6, 6.07) is 11.7. The minimum atomic E-state index is -3.75. The molecule has 1 saturated heterocycles. The van der Waals surface area contributed by atoms with E-state index in [9.17, 15) is 18.0 Å². The van der Waals surface area contributed by atoms with Gasteiger partial charge in [-0.3, -0.25) is 14.5 Å². The topological polar surface area (TPSA) is 95.6 Å². The first-order chi connectivity index (χ1) is 15.2. The number of carbonyl (C=O) groups is 2. The number of nitrogens with one attached hydrogen (secondary N) is 2. The van der Waals surface area contributed by atoms with E-state index in [1.54, 1.807) is 0 Å². The van der Waals surface area contributed by atoms with Gasteiger partial charge in [0.25, 0.3) is 0 Å². The standard InChI is InChI=1S/C23H29N3O4S2/c1-17-15-19(16-26-11-13-31-14-12-26)3-8-22(17)25-23(28)9-10-24-32(29,30)21-6-4-20(5-7-21)18(2)27/h3-8,15,24H,9-14,16H2,1-2H3,(H,25,28). The Morgan fingerprint density at radius 1 is 1.06 bits per heavy atom. The number of thioether (sulfide) groups is 1. The van der Waals surface area contributed by atoms with Crippen molar-refractivity contribution in [1.29, 1.82) is 0 Å². The average molecular weight is 476 g/mol. The largest absolute Gasteiger partial charge is 0.326 e.